The van der Waals surface area contributed by atoms with E-state index in [-0.39, 0.29) is 30.8 Å². The molecule has 3 N–H and O–H groups in total. The van der Waals surface area contributed by atoms with E-state index in [0.717, 1.165) is 24.2 Å². The van der Waals surface area contributed by atoms with Crippen LogP contribution in [0.5, 0.6) is 5.75 Å². The molecule has 162 valence electrons. The number of ether oxygens (including phenoxy) is 1. The number of hydrogen-bond acceptors (Lipinski definition) is 6. The minimum absolute atomic E-state index is 0. The van der Waals surface area contributed by atoms with Crippen molar-refractivity contribution in [1.82, 2.24) is 25.3 Å². The van der Waals surface area contributed by atoms with Crippen LogP contribution in [0.1, 0.15) is 21.7 Å². The molecule has 2 aliphatic heterocycles. The van der Waals surface area contributed by atoms with Gasteiger partial charge >= 0.3 is 0 Å². The van der Waals surface area contributed by atoms with Crippen LogP contribution >= 0.6 is 12.4 Å². The number of hydrogen-bond donors (Lipinski definition) is 3. The van der Waals surface area contributed by atoms with Crippen molar-refractivity contribution in [3.63, 3.8) is 0 Å². The molecule has 0 unspecified atom stereocenters. The number of nitrogens with zero attached hydrogens (tertiary/aromatic N) is 3. The first-order valence-corrected chi connectivity index (χ1v) is 9.87. The normalized spacial score (nSPS) is 16.4. The fraction of sp³-hybridized carbons (Fsp3) is 0.450. The monoisotopic (exact) mass is 434 g/mol. The number of amides is 2. The molecular formula is C20H27ClN6O3. The van der Waals surface area contributed by atoms with Gasteiger partial charge in [0.15, 0.2) is 5.69 Å². The second kappa shape index (κ2) is 9.92. The quantitative estimate of drug-likeness (QED) is 0.645. The van der Waals surface area contributed by atoms with Crippen molar-refractivity contribution in [1.29, 1.82) is 0 Å². The Morgan fingerprint density at radius 2 is 1.97 bits per heavy atom. The molecule has 0 bridgehead atoms. The number of carbonyl (C=O) groups is 2. The molecule has 30 heavy (non-hydrogen) atoms. The Bertz CT molecular complexity index is 894. The Morgan fingerprint density at radius 3 is 2.73 bits per heavy atom. The molecule has 10 heteroatoms. The van der Waals surface area contributed by atoms with Crippen LogP contribution in [0.2, 0.25) is 0 Å². The molecular weight excluding hydrogens is 408 g/mol. The van der Waals surface area contributed by atoms with E-state index in [0.29, 0.717) is 49.9 Å². The predicted octanol–water partition coefficient (Wildman–Crippen LogP) is 0.882. The van der Waals surface area contributed by atoms with Gasteiger partial charge in [0.1, 0.15) is 5.75 Å². The number of halogens is 1. The lowest BCUT2D eigenvalue weighted by Gasteiger charge is -2.34. The number of anilines is 1. The number of methoxy groups -OCH3 is 1. The molecule has 1 fully saturated rings. The summed E-state index contributed by atoms with van der Waals surface area (Å²) >= 11 is 0. The van der Waals surface area contributed by atoms with Crippen LogP contribution in [0.3, 0.4) is 0 Å². The lowest BCUT2D eigenvalue weighted by Crippen LogP contribution is -2.50. The highest BCUT2D eigenvalue weighted by Gasteiger charge is 2.28. The highest BCUT2D eigenvalue weighted by molar-refractivity contribution is 5.95. The maximum Gasteiger partial charge on any atom is 0.274 e. The van der Waals surface area contributed by atoms with E-state index in [1.807, 2.05) is 29.2 Å². The molecule has 1 saturated heterocycles. The average molecular weight is 435 g/mol. The van der Waals surface area contributed by atoms with Gasteiger partial charge in [0.2, 0.25) is 5.91 Å². The second-order valence-corrected chi connectivity index (χ2v) is 7.27. The van der Waals surface area contributed by atoms with Crippen LogP contribution in [0.4, 0.5) is 5.69 Å². The molecule has 1 aromatic carbocycles. The highest BCUT2D eigenvalue weighted by Crippen LogP contribution is 2.23. The molecule has 0 atom stereocenters. The Labute approximate surface area is 181 Å². The molecule has 0 aliphatic carbocycles. The van der Waals surface area contributed by atoms with Gasteiger partial charge in [-0.25, -0.2) is 0 Å². The number of carbonyl (C=O) groups excluding carboxylic acids is 2. The number of fused-ring (bicyclic) bond motifs is 1. The number of H-pyrrole nitrogens is 1. The van der Waals surface area contributed by atoms with E-state index in [9.17, 15) is 9.59 Å². The molecule has 9 nitrogen and oxygen atoms in total. The Hall–Kier alpha value is -2.62. The topological polar surface area (TPSA) is 103 Å². The first-order valence-electron chi connectivity index (χ1n) is 9.87. The van der Waals surface area contributed by atoms with Gasteiger partial charge < -0.3 is 20.3 Å². The zero-order valence-corrected chi connectivity index (χ0v) is 17.8. The van der Waals surface area contributed by atoms with Gasteiger partial charge in [0, 0.05) is 56.9 Å². The summed E-state index contributed by atoms with van der Waals surface area (Å²) in [6.45, 7) is 4.31. The van der Waals surface area contributed by atoms with E-state index < -0.39 is 0 Å². The first-order chi connectivity index (χ1) is 14.2. The smallest absolute Gasteiger partial charge is 0.274 e. The van der Waals surface area contributed by atoms with Crippen molar-refractivity contribution in [3.8, 4) is 5.75 Å². The standard InChI is InChI=1S/C20H26N6O3.ClH/c1-29-17-5-3-2-4-16(17)22-18(27)13-25-8-10-26(11-9-25)20(28)19-14-12-21-7-6-15(14)23-24-19;/h2-5,21H,6-13H2,1H3,(H,22,27)(H,23,24);1H. The molecule has 3 heterocycles. The summed E-state index contributed by atoms with van der Waals surface area (Å²) in [5.41, 5.74) is 3.22. The van der Waals surface area contributed by atoms with Crippen molar-refractivity contribution in [2.24, 2.45) is 0 Å². The minimum atomic E-state index is -0.0956. The van der Waals surface area contributed by atoms with E-state index in [2.05, 4.69) is 25.7 Å². The minimum Gasteiger partial charge on any atom is -0.495 e. The number of benzene rings is 1. The van der Waals surface area contributed by atoms with Crippen LogP contribution in [0.25, 0.3) is 0 Å². The SMILES string of the molecule is COc1ccccc1NC(=O)CN1CCN(C(=O)c2n[nH]c3c2CNCC3)CC1.Cl. The first kappa shape index (κ1) is 22.1. The van der Waals surface area contributed by atoms with Crippen molar-refractivity contribution in [2.75, 3.05) is 51.7 Å². The van der Waals surface area contributed by atoms with E-state index in [1.165, 1.54) is 0 Å². The predicted molar refractivity (Wildman–Crippen MR) is 115 cm³/mol. The van der Waals surface area contributed by atoms with Gasteiger partial charge in [-0.1, -0.05) is 12.1 Å². The van der Waals surface area contributed by atoms with Crippen LogP contribution in [-0.4, -0.2) is 78.2 Å². The van der Waals surface area contributed by atoms with Crippen LogP contribution in [0.15, 0.2) is 24.3 Å². The molecule has 2 amide bonds. The third kappa shape index (κ3) is 4.75. The number of aromatic amines is 1. The number of piperazine rings is 1. The zero-order chi connectivity index (χ0) is 20.2. The summed E-state index contributed by atoms with van der Waals surface area (Å²) in [6.07, 6.45) is 0.866. The lowest BCUT2D eigenvalue weighted by atomic mass is 10.1. The Kier molecular flexibility index (Phi) is 7.30. The number of aromatic nitrogens is 2. The van der Waals surface area contributed by atoms with Crippen LogP contribution < -0.4 is 15.4 Å². The van der Waals surface area contributed by atoms with Gasteiger partial charge in [-0.2, -0.15) is 5.10 Å². The van der Waals surface area contributed by atoms with Crippen molar-refractivity contribution < 1.29 is 14.3 Å². The number of rotatable bonds is 5. The molecule has 0 spiro atoms. The number of nitrogens with one attached hydrogen (secondary N) is 3. The van der Waals surface area contributed by atoms with Crippen molar-refractivity contribution in [2.45, 2.75) is 13.0 Å². The number of para-hydroxylation sites is 2. The molecule has 4 rings (SSSR count). The molecule has 2 aliphatic rings. The summed E-state index contributed by atoms with van der Waals surface area (Å²) in [6, 6.07) is 7.33. The maximum atomic E-state index is 12.9. The van der Waals surface area contributed by atoms with Gasteiger partial charge in [-0.3, -0.25) is 19.6 Å². The van der Waals surface area contributed by atoms with Gasteiger partial charge in [-0.15, -0.1) is 12.4 Å². The Morgan fingerprint density at radius 1 is 1.20 bits per heavy atom. The fourth-order valence-electron chi connectivity index (χ4n) is 3.80. The van der Waals surface area contributed by atoms with Gasteiger partial charge in [-0.05, 0) is 12.1 Å². The summed E-state index contributed by atoms with van der Waals surface area (Å²) < 4.78 is 5.27. The fourth-order valence-corrected chi connectivity index (χ4v) is 3.80. The van der Waals surface area contributed by atoms with E-state index >= 15 is 0 Å². The second-order valence-electron chi connectivity index (χ2n) is 7.27. The van der Waals surface area contributed by atoms with Gasteiger partial charge in [0.25, 0.3) is 5.91 Å². The van der Waals surface area contributed by atoms with E-state index in [1.54, 1.807) is 7.11 Å². The summed E-state index contributed by atoms with van der Waals surface area (Å²) in [5.74, 6) is 0.499. The zero-order valence-electron chi connectivity index (χ0n) is 16.9. The molecule has 1 aromatic heterocycles. The molecule has 2 aromatic rings. The third-order valence-electron chi connectivity index (χ3n) is 5.42. The van der Waals surface area contributed by atoms with Crippen molar-refractivity contribution >= 4 is 29.9 Å². The van der Waals surface area contributed by atoms with Crippen molar-refractivity contribution in [3.05, 3.63) is 41.2 Å². The van der Waals surface area contributed by atoms with Crippen LogP contribution in [-0.2, 0) is 17.8 Å². The van der Waals surface area contributed by atoms with E-state index in [4.69, 9.17) is 4.74 Å². The summed E-state index contributed by atoms with van der Waals surface area (Å²) in [4.78, 5) is 29.1. The Balaban J connectivity index is 0.00000256. The third-order valence-corrected chi connectivity index (χ3v) is 5.42. The largest absolute Gasteiger partial charge is 0.495 e. The van der Waals surface area contributed by atoms with Gasteiger partial charge in [0.05, 0.1) is 19.3 Å². The maximum absolute atomic E-state index is 12.9. The molecule has 0 saturated carbocycles. The molecule has 0 radical (unpaired) electrons. The lowest BCUT2D eigenvalue weighted by molar-refractivity contribution is -0.117. The summed E-state index contributed by atoms with van der Waals surface area (Å²) in [5, 5.41) is 13.4. The van der Waals surface area contributed by atoms with Crippen LogP contribution in [0, 0.1) is 0 Å². The summed E-state index contributed by atoms with van der Waals surface area (Å²) in [7, 11) is 1.58. The average Bonchev–Trinajstić information content (AvgIpc) is 3.18. The highest BCUT2D eigenvalue weighted by atomic mass is 35.5.